The Labute approximate surface area is 215 Å². The Morgan fingerprint density at radius 3 is 2.66 bits per heavy atom. The molecule has 1 aromatic heterocycles. The third-order valence-corrected chi connectivity index (χ3v) is 6.79. The van der Waals surface area contributed by atoms with E-state index in [-0.39, 0.29) is 24.6 Å². The lowest BCUT2D eigenvalue weighted by atomic mass is 10.1. The zero-order valence-corrected chi connectivity index (χ0v) is 21.3. The second kappa shape index (κ2) is 12.7. The molecule has 1 amide bonds. The molecule has 186 valence electrons. The largest absolute Gasteiger partial charge is 0.330 e. The van der Waals surface area contributed by atoms with Crippen LogP contribution in [0.5, 0.6) is 0 Å². The number of hydrazine groups is 1. The molecule has 1 N–H and O–H groups in total. The van der Waals surface area contributed by atoms with Gasteiger partial charge in [0.1, 0.15) is 0 Å². The van der Waals surface area contributed by atoms with E-state index in [4.69, 9.17) is 23.2 Å². The van der Waals surface area contributed by atoms with Crippen LogP contribution in [0.2, 0.25) is 10.0 Å². The second-order valence-electron chi connectivity index (χ2n) is 8.52. The van der Waals surface area contributed by atoms with Crippen LogP contribution in [0, 0.1) is 16.0 Å². The van der Waals surface area contributed by atoms with Gasteiger partial charge in [-0.2, -0.15) is 0 Å². The van der Waals surface area contributed by atoms with Crippen LogP contribution in [0.1, 0.15) is 43.5 Å². The van der Waals surface area contributed by atoms with Gasteiger partial charge in [-0.15, -0.1) is 0 Å². The van der Waals surface area contributed by atoms with Crippen LogP contribution in [-0.2, 0) is 24.3 Å². The predicted octanol–water partition coefficient (Wildman–Crippen LogP) is 5.66. The van der Waals surface area contributed by atoms with Crippen molar-refractivity contribution in [3.8, 4) is 0 Å². The van der Waals surface area contributed by atoms with Crippen LogP contribution >= 0.6 is 23.2 Å². The summed E-state index contributed by atoms with van der Waals surface area (Å²) in [7, 11) is 0. The summed E-state index contributed by atoms with van der Waals surface area (Å²) in [6, 6.07) is 11.7. The average Bonchev–Trinajstić information content (AvgIpc) is 3.27. The minimum absolute atomic E-state index is 0.0357. The molecule has 0 bridgehead atoms. The number of imidazole rings is 1. The summed E-state index contributed by atoms with van der Waals surface area (Å²) >= 11 is 12.6. The molecule has 10 heteroatoms. The lowest BCUT2D eigenvalue weighted by molar-refractivity contribution is -0.384. The molecular formula is C25H29Cl2N5O3. The van der Waals surface area contributed by atoms with Crippen LogP contribution in [0.3, 0.4) is 0 Å². The fraction of sp³-hybridized carbons (Fsp3) is 0.360. The molecule has 0 aliphatic heterocycles. The van der Waals surface area contributed by atoms with E-state index < -0.39 is 4.92 Å². The van der Waals surface area contributed by atoms with Gasteiger partial charge in [0.15, 0.2) is 0 Å². The van der Waals surface area contributed by atoms with Crippen LogP contribution in [0.15, 0.2) is 55.0 Å². The number of amides is 1. The molecule has 0 saturated carbocycles. The van der Waals surface area contributed by atoms with Gasteiger partial charge in [0.05, 0.1) is 34.3 Å². The summed E-state index contributed by atoms with van der Waals surface area (Å²) in [5.74, 6) is 0.410. The van der Waals surface area contributed by atoms with Gasteiger partial charge in [-0.1, -0.05) is 67.7 Å². The first-order valence-corrected chi connectivity index (χ1v) is 12.2. The molecule has 0 spiro atoms. The topological polar surface area (TPSA) is 93.3 Å². The van der Waals surface area contributed by atoms with E-state index in [9.17, 15) is 14.9 Å². The highest BCUT2D eigenvalue weighted by molar-refractivity contribution is 6.42. The molecule has 0 fully saturated rings. The molecule has 35 heavy (non-hydrogen) atoms. The number of aromatic nitrogens is 2. The zero-order valence-electron chi connectivity index (χ0n) is 19.8. The highest BCUT2D eigenvalue weighted by atomic mass is 35.5. The van der Waals surface area contributed by atoms with Crippen molar-refractivity contribution in [1.29, 1.82) is 0 Å². The van der Waals surface area contributed by atoms with E-state index in [0.717, 1.165) is 29.7 Å². The first-order valence-electron chi connectivity index (χ1n) is 11.5. The fourth-order valence-corrected chi connectivity index (χ4v) is 3.91. The summed E-state index contributed by atoms with van der Waals surface area (Å²) in [6.45, 7) is 5.70. The van der Waals surface area contributed by atoms with E-state index in [2.05, 4.69) is 24.3 Å². The molecule has 3 aromatic rings. The van der Waals surface area contributed by atoms with E-state index in [1.807, 2.05) is 16.7 Å². The minimum Gasteiger partial charge on any atom is -0.330 e. The predicted molar refractivity (Wildman–Crippen MR) is 137 cm³/mol. The maximum Gasteiger partial charge on any atom is 0.269 e. The summed E-state index contributed by atoms with van der Waals surface area (Å²) in [5.41, 5.74) is 5.66. The zero-order chi connectivity index (χ0) is 25.4. The molecule has 0 aliphatic carbocycles. The minimum atomic E-state index is -0.430. The Balaban J connectivity index is 1.73. The molecule has 0 radical (unpaired) electrons. The number of halogens is 2. The number of carbonyl (C=O) groups is 1. The number of hydrogen-bond donors (Lipinski definition) is 1. The van der Waals surface area contributed by atoms with Gasteiger partial charge in [0, 0.05) is 37.1 Å². The van der Waals surface area contributed by atoms with Gasteiger partial charge in [0.2, 0.25) is 5.91 Å². The number of hydrogen-bond acceptors (Lipinski definition) is 5. The van der Waals surface area contributed by atoms with Crippen molar-refractivity contribution in [3.63, 3.8) is 0 Å². The fourth-order valence-electron chi connectivity index (χ4n) is 3.53. The van der Waals surface area contributed by atoms with Crippen molar-refractivity contribution in [3.05, 3.63) is 92.0 Å². The monoisotopic (exact) mass is 517 g/mol. The molecule has 1 heterocycles. The first kappa shape index (κ1) is 26.7. The van der Waals surface area contributed by atoms with Crippen molar-refractivity contribution >= 4 is 34.8 Å². The lowest BCUT2D eigenvalue weighted by Crippen LogP contribution is -2.44. The van der Waals surface area contributed by atoms with Gasteiger partial charge in [0.25, 0.3) is 5.69 Å². The standard InChI is InChI=1S/C25H29Cl2N5O3/c1-3-18(2)11-12-29-31(16-20-5-4-6-23(26)25(20)27)24(33)13-22-14-28-17-30(22)15-19-7-9-21(10-8-19)32(34)35/h4-10,14,17-18,29H,3,11-13,15-16H2,1-2H3/t18-/m0/s1. The highest BCUT2D eigenvalue weighted by Crippen LogP contribution is 2.26. The Morgan fingerprint density at radius 1 is 1.23 bits per heavy atom. The molecule has 0 saturated heterocycles. The Hall–Kier alpha value is -2.94. The summed E-state index contributed by atoms with van der Waals surface area (Å²) in [4.78, 5) is 28.0. The average molecular weight is 518 g/mol. The number of nitrogens with one attached hydrogen (secondary N) is 1. The van der Waals surface area contributed by atoms with E-state index in [1.54, 1.807) is 35.7 Å². The van der Waals surface area contributed by atoms with Gasteiger partial charge < -0.3 is 4.57 Å². The van der Waals surface area contributed by atoms with Crippen molar-refractivity contribution in [2.75, 3.05) is 6.54 Å². The molecule has 1 atom stereocenters. The first-order chi connectivity index (χ1) is 16.8. The van der Waals surface area contributed by atoms with E-state index in [0.29, 0.717) is 29.1 Å². The number of non-ortho nitro benzene ring substituents is 1. The highest BCUT2D eigenvalue weighted by Gasteiger charge is 2.19. The number of benzene rings is 2. The smallest absolute Gasteiger partial charge is 0.269 e. The van der Waals surface area contributed by atoms with Crippen LogP contribution < -0.4 is 5.43 Å². The van der Waals surface area contributed by atoms with Gasteiger partial charge >= 0.3 is 0 Å². The van der Waals surface area contributed by atoms with Crippen LogP contribution in [0.25, 0.3) is 0 Å². The maximum absolute atomic E-state index is 13.4. The van der Waals surface area contributed by atoms with Crippen molar-refractivity contribution in [2.45, 2.75) is 46.2 Å². The normalized spacial score (nSPS) is 11.9. The van der Waals surface area contributed by atoms with Gasteiger partial charge in [-0.3, -0.25) is 19.9 Å². The number of carbonyl (C=O) groups excluding carboxylic acids is 1. The van der Waals surface area contributed by atoms with E-state index in [1.165, 1.54) is 12.1 Å². The Bertz CT molecular complexity index is 1150. The Morgan fingerprint density at radius 2 is 1.97 bits per heavy atom. The van der Waals surface area contributed by atoms with E-state index >= 15 is 0 Å². The summed E-state index contributed by atoms with van der Waals surface area (Å²) in [6.07, 6.45) is 5.44. The molecule has 2 aromatic carbocycles. The maximum atomic E-state index is 13.4. The lowest BCUT2D eigenvalue weighted by Gasteiger charge is -2.25. The third-order valence-electron chi connectivity index (χ3n) is 5.93. The summed E-state index contributed by atoms with van der Waals surface area (Å²) in [5, 5.41) is 13.4. The van der Waals surface area contributed by atoms with Crippen molar-refractivity contribution in [1.82, 2.24) is 20.0 Å². The van der Waals surface area contributed by atoms with Crippen molar-refractivity contribution in [2.24, 2.45) is 5.92 Å². The van der Waals surface area contributed by atoms with Crippen LogP contribution in [-0.4, -0.2) is 31.9 Å². The van der Waals surface area contributed by atoms with Gasteiger partial charge in [-0.05, 0) is 29.5 Å². The van der Waals surface area contributed by atoms with Gasteiger partial charge in [-0.25, -0.2) is 10.4 Å². The molecule has 0 aliphatic rings. The second-order valence-corrected chi connectivity index (χ2v) is 9.30. The Kier molecular flexibility index (Phi) is 9.65. The molecule has 0 unspecified atom stereocenters. The number of rotatable bonds is 12. The number of nitrogens with zero attached hydrogens (tertiary/aromatic N) is 4. The van der Waals surface area contributed by atoms with Crippen LogP contribution in [0.4, 0.5) is 5.69 Å². The number of nitro benzene ring substituents is 1. The van der Waals surface area contributed by atoms with Crippen molar-refractivity contribution < 1.29 is 9.72 Å². The SMILES string of the molecule is CC[C@H](C)CCNN(Cc1cccc(Cl)c1Cl)C(=O)Cc1cncn1Cc1ccc([N+](=O)[O-])cc1. The molecule has 8 nitrogen and oxygen atoms in total. The third kappa shape index (κ3) is 7.52. The summed E-state index contributed by atoms with van der Waals surface area (Å²) < 4.78 is 1.86. The quantitative estimate of drug-likeness (QED) is 0.247. The molecular weight excluding hydrogens is 489 g/mol. The number of nitro groups is 1. The molecule has 3 rings (SSSR count).